The lowest BCUT2D eigenvalue weighted by Crippen LogP contribution is -2.36. The molecule has 3 amide bonds. The molecule has 0 spiro atoms. The highest BCUT2D eigenvalue weighted by Crippen LogP contribution is 2.23. The fraction of sp³-hybridized carbons (Fsp3) is 0.593. The summed E-state index contributed by atoms with van der Waals surface area (Å²) in [5.74, 6) is -1.11. The van der Waals surface area contributed by atoms with Crippen LogP contribution in [0.4, 0.5) is 5.69 Å². The predicted molar refractivity (Wildman–Crippen MR) is 137 cm³/mol. The summed E-state index contributed by atoms with van der Waals surface area (Å²) in [4.78, 5) is 65.3. The molecule has 1 unspecified atom stereocenters. The fourth-order valence-electron chi connectivity index (χ4n) is 4.00. The molecule has 1 atom stereocenters. The maximum absolute atomic E-state index is 12.6. The van der Waals surface area contributed by atoms with E-state index in [9.17, 15) is 24.0 Å². The molecule has 0 radical (unpaired) electrons. The molecule has 198 valence electrons. The van der Waals surface area contributed by atoms with E-state index in [0.29, 0.717) is 51.3 Å². The highest BCUT2D eigenvalue weighted by atomic mass is 16.5. The summed E-state index contributed by atoms with van der Waals surface area (Å²) in [5, 5.41) is 0. The molecule has 1 fully saturated rings. The van der Waals surface area contributed by atoms with Gasteiger partial charge in [-0.05, 0) is 37.0 Å². The normalized spacial score (nSPS) is 15.3. The Hall–Kier alpha value is -3.07. The fourth-order valence-corrected chi connectivity index (χ4v) is 4.00. The Morgan fingerprint density at radius 1 is 0.917 bits per heavy atom. The number of amides is 3. The van der Waals surface area contributed by atoms with Gasteiger partial charge in [0.05, 0.1) is 12.5 Å². The topological polar surface area (TPSA) is 104 Å². The van der Waals surface area contributed by atoms with Gasteiger partial charge in [-0.2, -0.15) is 0 Å². The van der Waals surface area contributed by atoms with Crippen molar-refractivity contribution in [2.45, 2.75) is 51.9 Å². The highest BCUT2D eigenvalue weighted by Gasteiger charge is 2.28. The average Bonchev–Trinajstić information content (AvgIpc) is 2.85. The van der Waals surface area contributed by atoms with Crippen LogP contribution in [0.2, 0.25) is 0 Å². The first kappa shape index (κ1) is 29.2. The minimum Gasteiger partial charge on any atom is -0.380 e. The molecule has 2 rings (SSSR count). The number of anilines is 1. The zero-order chi connectivity index (χ0) is 26.7. The molecule has 0 N–H and O–H groups in total. The number of carbonyl (C=O) groups excluding carboxylic acids is 5. The molecular weight excluding hydrogens is 462 g/mol. The lowest BCUT2D eigenvalue weighted by atomic mass is 9.83. The van der Waals surface area contributed by atoms with E-state index in [1.165, 1.54) is 16.7 Å². The minimum absolute atomic E-state index is 0.00774. The molecule has 1 aromatic rings. The van der Waals surface area contributed by atoms with Crippen molar-refractivity contribution in [1.82, 2.24) is 9.80 Å². The van der Waals surface area contributed by atoms with Crippen LogP contribution in [0.1, 0.15) is 51.0 Å². The number of rotatable bonds is 13. The molecule has 9 heteroatoms. The van der Waals surface area contributed by atoms with Gasteiger partial charge in [0.1, 0.15) is 18.0 Å². The quantitative estimate of drug-likeness (QED) is 0.303. The Bertz CT molecular complexity index is 930. The van der Waals surface area contributed by atoms with Gasteiger partial charge in [-0.25, -0.2) is 0 Å². The molecule has 0 aliphatic heterocycles. The van der Waals surface area contributed by atoms with Crippen LogP contribution < -0.4 is 4.90 Å². The van der Waals surface area contributed by atoms with Gasteiger partial charge in [0.25, 0.3) is 0 Å². The number of likely N-dealkylation sites (N-methyl/N-ethyl adjacent to an activating group) is 1. The van der Waals surface area contributed by atoms with Gasteiger partial charge >= 0.3 is 0 Å². The third kappa shape index (κ3) is 9.18. The molecule has 1 aliphatic rings. The van der Waals surface area contributed by atoms with Crippen LogP contribution in [0.3, 0.4) is 0 Å². The summed E-state index contributed by atoms with van der Waals surface area (Å²) in [7, 11) is 4.97. The Kier molecular flexibility index (Phi) is 11.7. The maximum Gasteiger partial charge on any atom is 0.236 e. The molecule has 0 heterocycles. The van der Waals surface area contributed by atoms with E-state index < -0.39 is 5.92 Å². The van der Waals surface area contributed by atoms with Crippen LogP contribution in [0.5, 0.6) is 0 Å². The van der Waals surface area contributed by atoms with Crippen molar-refractivity contribution < 1.29 is 28.7 Å². The number of ether oxygens (including phenoxy) is 1. The van der Waals surface area contributed by atoms with Crippen LogP contribution in [0.15, 0.2) is 24.3 Å². The summed E-state index contributed by atoms with van der Waals surface area (Å²) >= 11 is 0. The van der Waals surface area contributed by atoms with Crippen LogP contribution in [0, 0.1) is 5.92 Å². The first-order valence-corrected chi connectivity index (χ1v) is 12.5. The first-order chi connectivity index (χ1) is 17.1. The van der Waals surface area contributed by atoms with Gasteiger partial charge in [-0.3, -0.25) is 24.0 Å². The van der Waals surface area contributed by atoms with Crippen molar-refractivity contribution in [2.24, 2.45) is 5.92 Å². The number of hydrogen-bond donors (Lipinski definition) is 0. The zero-order valence-electron chi connectivity index (χ0n) is 22.0. The Labute approximate surface area is 213 Å². The molecule has 9 nitrogen and oxygen atoms in total. The molecular formula is C27H39N3O6. The molecule has 0 bridgehead atoms. The summed E-state index contributed by atoms with van der Waals surface area (Å²) in [6, 6.07) is 7.05. The second kappa shape index (κ2) is 14.5. The van der Waals surface area contributed by atoms with Crippen LogP contribution in [0.25, 0.3) is 0 Å². The van der Waals surface area contributed by atoms with Crippen molar-refractivity contribution in [3.8, 4) is 0 Å². The van der Waals surface area contributed by atoms with E-state index in [-0.39, 0.29) is 42.1 Å². The van der Waals surface area contributed by atoms with Gasteiger partial charge in [-0.15, -0.1) is 0 Å². The molecule has 1 aliphatic carbocycles. The smallest absolute Gasteiger partial charge is 0.236 e. The Balaban J connectivity index is 1.74. The second-order valence-electron chi connectivity index (χ2n) is 9.43. The molecule has 0 saturated heterocycles. The van der Waals surface area contributed by atoms with Crippen LogP contribution in [-0.4, -0.2) is 86.5 Å². The van der Waals surface area contributed by atoms with Gasteiger partial charge in [-0.1, -0.05) is 18.6 Å². The molecule has 0 aromatic heterocycles. The minimum atomic E-state index is -0.482. The average molecular weight is 502 g/mol. The van der Waals surface area contributed by atoms with E-state index in [4.69, 9.17) is 4.74 Å². The van der Waals surface area contributed by atoms with Crippen molar-refractivity contribution >= 4 is 35.0 Å². The Morgan fingerprint density at radius 2 is 1.61 bits per heavy atom. The number of carbonyl (C=O) groups is 5. The van der Waals surface area contributed by atoms with E-state index in [1.54, 1.807) is 50.3 Å². The predicted octanol–water partition coefficient (Wildman–Crippen LogP) is 2.25. The maximum atomic E-state index is 12.6. The van der Waals surface area contributed by atoms with E-state index >= 15 is 0 Å². The third-order valence-electron chi connectivity index (χ3n) is 6.64. The number of benzene rings is 1. The number of hydrogen-bond acceptors (Lipinski definition) is 6. The summed E-state index contributed by atoms with van der Waals surface area (Å²) in [6.45, 7) is 3.33. The number of ketones is 2. The van der Waals surface area contributed by atoms with Crippen LogP contribution in [-0.2, 0) is 35.1 Å². The monoisotopic (exact) mass is 501 g/mol. The van der Waals surface area contributed by atoms with Crippen molar-refractivity contribution in [3.63, 3.8) is 0 Å². The number of Topliss-reactive ketones (excluding diaryl/α,β-unsaturated/α-hetero) is 2. The second-order valence-corrected chi connectivity index (χ2v) is 9.43. The van der Waals surface area contributed by atoms with Crippen molar-refractivity contribution in [3.05, 3.63) is 29.8 Å². The summed E-state index contributed by atoms with van der Waals surface area (Å²) in [5.41, 5.74) is 1.42. The lowest BCUT2D eigenvalue weighted by Gasteiger charge is -2.21. The summed E-state index contributed by atoms with van der Waals surface area (Å²) in [6.07, 6.45) is 3.56. The standard InChI is InChI=1S/C27H39N3O6/c1-20(31)28(2)14-7-16-36-17-15-29(3)26(34)19-27(35)30(4)22-12-10-21(11-13-22)18-25(33)23-8-5-6-9-24(23)32/h10-13,23H,5-9,14-19H2,1-4H3. The zero-order valence-corrected chi connectivity index (χ0v) is 22.0. The third-order valence-corrected chi connectivity index (χ3v) is 6.64. The van der Waals surface area contributed by atoms with Gasteiger partial charge in [0, 0.05) is 66.3 Å². The SMILES string of the molecule is CC(=O)N(C)CCCOCCN(C)C(=O)CC(=O)N(C)c1ccc(CC(=O)C2CCCCC2=O)cc1. The highest BCUT2D eigenvalue weighted by molar-refractivity contribution is 6.05. The lowest BCUT2D eigenvalue weighted by molar-refractivity contribution is -0.136. The van der Waals surface area contributed by atoms with Crippen molar-refractivity contribution in [2.75, 3.05) is 52.3 Å². The molecule has 1 saturated carbocycles. The van der Waals surface area contributed by atoms with Crippen molar-refractivity contribution in [1.29, 1.82) is 0 Å². The van der Waals surface area contributed by atoms with Gasteiger partial charge in [0.2, 0.25) is 17.7 Å². The largest absolute Gasteiger partial charge is 0.380 e. The molecule has 1 aromatic carbocycles. The van der Waals surface area contributed by atoms with Gasteiger partial charge in [0.15, 0.2) is 0 Å². The Morgan fingerprint density at radius 3 is 2.25 bits per heavy atom. The summed E-state index contributed by atoms with van der Waals surface area (Å²) < 4.78 is 5.52. The van der Waals surface area contributed by atoms with E-state index in [1.807, 2.05) is 0 Å². The molecule has 36 heavy (non-hydrogen) atoms. The van der Waals surface area contributed by atoms with E-state index in [0.717, 1.165) is 18.4 Å². The number of nitrogens with zero attached hydrogens (tertiary/aromatic N) is 3. The van der Waals surface area contributed by atoms with Gasteiger partial charge < -0.3 is 19.4 Å². The van der Waals surface area contributed by atoms with Crippen LogP contribution >= 0.6 is 0 Å². The van der Waals surface area contributed by atoms with E-state index in [2.05, 4.69) is 0 Å². The first-order valence-electron chi connectivity index (χ1n) is 12.5.